The number of nitrogens with zero attached hydrogens (tertiary/aromatic N) is 2. The smallest absolute Gasteiger partial charge is 0.209 e. The standard InChI is InChI=1S/C18H14ClF2N3O2S/c1-9(16(25)10-3-5-13(20)14(21)7-10)27-18-22-17(23-24-18)12-8-11(19)4-6-15(12)26-2/h3-9H,1-2H3,(H,22,23,24)/t9-/m1/s1. The van der Waals surface area contributed by atoms with Gasteiger partial charge in [-0.2, -0.15) is 0 Å². The summed E-state index contributed by atoms with van der Waals surface area (Å²) in [5, 5.41) is 7.11. The Labute approximate surface area is 163 Å². The number of nitrogens with one attached hydrogen (secondary N) is 1. The van der Waals surface area contributed by atoms with Gasteiger partial charge in [-0.1, -0.05) is 23.4 Å². The number of aromatic nitrogens is 3. The fourth-order valence-electron chi connectivity index (χ4n) is 2.38. The molecule has 0 radical (unpaired) electrons. The number of carbonyl (C=O) groups excluding carboxylic acids is 1. The van der Waals surface area contributed by atoms with E-state index in [0.717, 1.165) is 23.9 Å². The quantitative estimate of drug-likeness (QED) is 0.469. The molecule has 0 aliphatic rings. The molecule has 0 saturated carbocycles. The number of H-pyrrole nitrogens is 1. The number of aromatic amines is 1. The van der Waals surface area contributed by atoms with Crippen molar-refractivity contribution in [3.8, 4) is 17.1 Å². The molecule has 1 aromatic heterocycles. The predicted molar refractivity (Wildman–Crippen MR) is 99.4 cm³/mol. The van der Waals surface area contributed by atoms with Crippen LogP contribution in [-0.4, -0.2) is 33.3 Å². The molecule has 140 valence electrons. The van der Waals surface area contributed by atoms with Gasteiger partial charge in [0.2, 0.25) is 5.16 Å². The first-order valence-electron chi connectivity index (χ1n) is 7.81. The van der Waals surface area contributed by atoms with Crippen molar-refractivity contribution in [3.63, 3.8) is 0 Å². The summed E-state index contributed by atoms with van der Waals surface area (Å²) in [6, 6.07) is 8.15. The Morgan fingerprint density at radius 2 is 2.00 bits per heavy atom. The minimum Gasteiger partial charge on any atom is -0.496 e. The number of ether oxygens (including phenoxy) is 1. The molecule has 0 spiro atoms. The highest BCUT2D eigenvalue weighted by Gasteiger charge is 2.21. The minimum atomic E-state index is -1.06. The number of hydrogen-bond donors (Lipinski definition) is 1. The lowest BCUT2D eigenvalue weighted by molar-refractivity contribution is 0.0993. The summed E-state index contributed by atoms with van der Waals surface area (Å²) in [6.07, 6.45) is 0. The van der Waals surface area contributed by atoms with Crippen LogP contribution in [0.15, 0.2) is 41.6 Å². The van der Waals surface area contributed by atoms with Crippen LogP contribution in [0, 0.1) is 11.6 Å². The highest BCUT2D eigenvalue weighted by molar-refractivity contribution is 8.00. The summed E-state index contributed by atoms with van der Waals surface area (Å²) in [6.45, 7) is 1.64. The number of carbonyl (C=O) groups is 1. The van der Waals surface area contributed by atoms with Crippen molar-refractivity contribution in [3.05, 3.63) is 58.6 Å². The summed E-state index contributed by atoms with van der Waals surface area (Å²) < 4.78 is 31.7. The Morgan fingerprint density at radius 1 is 1.22 bits per heavy atom. The van der Waals surface area contributed by atoms with Gasteiger partial charge in [0, 0.05) is 10.6 Å². The number of methoxy groups -OCH3 is 1. The zero-order valence-corrected chi connectivity index (χ0v) is 15.9. The normalized spacial score (nSPS) is 12.0. The maximum atomic E-state index is 13.3. The first-order valence-corrected chi connectivity index (χ1v) is 9.07. The molecule has 0 fully saturated rings. The van der Waals surface area contributed by atoms with Crippen molar-refractivity contribution in [1.29, 1.82) is 0 Å². The lowest BCUT2D eigenvalue weighted by Gasteiger charge is -2.08. The Balaban J connectivity index is 1.78. The van der Waals surface area contributed by atoms with E-state index in [2.05, 4.69) is 15.2 Å². The second kappa shape index (κ2) is 8.06. The van der Waals surface area contributed by atoms with E-state index in [1.807, 2.05) is 0 Å². The molecule has 1 N–H and O–H groups in total. The number of hydrogen-bond acceptors (Lipinski definition) is 5. The molecule has 3 aromatic rings. The molecule has 3 rings (SSSR count). The molecule has 27 heavy (non-hydrogen) atoms. The fourth-order valence-corrected chi connectivity index (χ4v) is 3.35. The molecule has 9 heteroatoms. The van der Waals surface area contributed by atoms with E-state index in [0.29, 0.717) is 27.3 Å². The van der Waals surface area contributed by atoms with Crippen LogP contribution in [0.4, 0.5) is 8.78 Å². The van der Waals surface area contributed by atoms with Gasteiger partial charge < -0.3 is 4.74 Å². The molecule has 2 aromatic carbocycles. The van der Waals surface area contributed by atoms with Crippen LogP contribution in [0.5, 0.6) is 5.75 Å². The molecule has 0 saturated heterocycles. The van der Waals surface area contributed by atoms with Gasteiger partial charge in [0.25, 0.3) is 0 Å². The van der Waals surface area contributed by atoms with E-state index in [4.69, 9.17) is 16.3 Å². The van der Waals surface area contributed by atoms with Gasteiger partial charge >= 0.3 is 0 Å². The largest absolute Gasteiger partial charge is 0.496 e. The molecule has 5 nitrogen and oxygen atoms in total. The third kappa shape index (κ3) is 4.28. The second-order valence-electron chi connectivity index (χ2n) is 5.56. The lowest BCUT2D eigenvalue weighted by atomic mass is 10.1. The molecule has 1 atom stereocenters. The molecular weight excluding hydrogens is 396 g/mol. The van der Waals surface area contributed by atoms with Crippen LogP contribution in [-0.2, 0) is 0 Å². The predicted octanol–water partition coefficient (Wildman–Crippen LogP) is 4.78. The molecule has 0 aliphatic carbocycles. The van der Waals surface area contributed by atoms with Crippen LogP contribution in [0.25, 0.3) is 11.4 Å². The summed E-state index contributed by atoms with van der Waals surface area (Å²) in [4.78, 5) is 16.8. The third-order valence-electron chi connectivity index (χ3n) is 3.74. The van der Waals surface area contributed by atoms with Crippen LogP contribution in [0.1, 0.15) is 17.3 Å². The van der Waals surface area contributed by atoms with Crippen molar-refractivity contribution >= 4 is 29.1 Å². The average molecular weight is 410 g/mol. The lowest BCUT2D eigenvalue weighted by Crippen LogP contribution is -2.14. The zero-order chi connectivity index (χ0) is 19.6. The van der Waals surface area contributed by atoms with Crippen LogP contribution >= 0.6 is 23.4 Å². The number of ketones is 1. The van der Waals surface area contributed by atoms with Crippen molar-refractivity contribution in [2.24, 2.45) is 0 Å². The third-order valence-corrected chi connectivity index (χ3v) is 4.93. The topological polar surface area (TPSA) is 67.9 Å². The number of halogens is 3. The number of Topliss-reactive ketones (excluding diaryl/α,β-unsaturated/α-hetero) is 1. The zero-order valence-electron chi connectivity index (χ0n) is 14.3. The summed E-state index contributed by atoms with van der Waals surface area (Å²) in [5.41, 5.74) is 0.713. The van der Waals surface area contributed by atoms with Gasteiger partial charge in [0.15, 0.2) is 23.2 Å². The highest BCUT2D eigenvalue weighted by atomic mass is 35.5. The summed E-state index contributed by atoms with van der Waals surface area (Å²) >= 11 is 7.12. The van der Waals surface area contributed by atoms with Crippen LogP contribution < -0.4 is 4.74 Å². The maximum absolute atomic E-state index is 13.3. The SMILES string of the molecule is COc1ccc(Cl)cc1-c1nc(S[C@H](C)C(=O)c2ccc(F)c(F)c2)n[nH]1. The first kappa shape index (κ1) is 19.3. The van der Waals surface area contributed by atoms with E-state index in [9.17, 15) is 13.6 Å². The molecule has 0 unspecified atom stereocenters. The van der Waals surface area contributed by atoms with Crippen LogP contribution in [0.3, 0.4) is 0 Å². The second-order valence-corrected chi connectivity index (χ2v) is 7.31. The van der Waals surface area contributed by atoms with E-state index in [1.165, 1.54) is 13.2 Å². The number of benzene rings is 2. The summed E-state index contributed by atoms with van der Waals surface area (Å²) in [5.74, 6) is -1.42. The van der Waals surface area contributed by atoms with Gasteiger partial charge in [-0.15, -0.1) is 5.10 Å². The highest BCUT2D eigenvalue weighted by Crippen LogP contribution is 2.32. The van der Waals surface area contributed by atoms with E-state index < -0.39 is 16.9 Å². The number of rotatable bonds is 6. The fraction of sp³-hybridized carbons (Fsp3) is 0.167. The van der Waals surface area contributed by atoms with E-state index >= 15 is 0 Å². The Hall–Kier alpha value is -2.45. The van der Waals surface area contributed by atoms with E-state index in [1.54, 1.807) is 25.1 Å². The minimum absolute atomic E-state index is 0.0844. The average Bonchev–Trinajstić information content (AvgIpc) is 3.11. The van der Waals surface area contributed by atoms with Crippen molar-refractivity contribution < 1.29 is 18.3 Å². The molecule has 0 amide bonds. The maximum Gasteiger partial charge on any atom is 0.209 e. The van der Waals surface area contributed by atoms with Crippen LogP contribution in [0.2, 0.25) is 5.02 Å². The Kier molecular flexibility index (Phi) is 5.76. The first-order chi connectivity index (χ1) is 12.9. The van der Waals surface area contributed by atoms with Gasteiger partial charge in [-0.3, -0.25) is 9.89 Å². The van der Waals surface area contributed by atoms with Gasteiger partial charge in [0.1, 0.15) is 5.75 Å². The summed E-state index contributed by atoms with van der Waals surface area (Å²) in [7, 11) is 1.53. The van der Waals surface area contributed by atoms with Gasteiger partial charge in [-0.25, -0.2) is 13.8 Å². The number of thioether (sulfide) groups is 1. The Morgan fingerprint density at radius 3 is 2.70 bits per heavy atom. The van der Waals surface area contributed by atoms with E-state index in [-0.39, 0.29) is 11.3 Å². The monoisotopic (exact) mass is 409 g/mol. The van der Waals surface area contributed by atoms with Crippen molar-refractivity contribution in [1.82, 2.24) is 15.2 Å². The van der Waals surface area contributed by atoms with Crippen molar-refractivity contribution in [2.45, 2.75) is 17.3 Å². The van der Waals surface area contributed by atoms with Gasteiger partial charge in [0.05, 0.1) is 17.9 Å². The van der Waals surface area contributed by atoms with Crippen molar-refractivity contribution in [2.75, 3.05) is 7.11 Å². The molecule has 0 bridgehead atoms. The molecule has 0 aliphatic heterocycles. The Bertz CT molecular complexity index is 996. The van der Waals surface area contributed by atoms with Gasteiger partial charge in [-0.05, 0) is 43.3 Å². The molecule has 1 heterocycles. The molecular formula is C18H14ClF2N3O2S.